The first-order chi connectivity index (χ1) is 10.5. The molecule has 4 heteroatoms. The number of benzene rings is 1. The van der Waals surface area contributed by atoms with E-state index in [2.05, 4.69) is 56.1 Å². The molecule has 1 aromatic heterocycles. The molecule has 0 fully saturated rings. The molecular formula is C18H27N3O. The molecular weight excluding hydrogens is 274 g/mol. The smallest absolute Gasteiger partial charge is 0.123 e. The number of aryl methyl sites for hydroxylation is 2. The van der Waals surface area contributed by atoms with Crippen LogP contribution in [0.15, 0.2) is 18.2 Å². The van der Waals surface area contributed by atoms with Gasteiger partial charge in [-0.1, -0.05) is 19.9 Å². The van der Waals surface area contributed by atoms with Crippen LogP contribution in [-0.4, -0.2) is 23.3 Å². The van der Waals surface area contributed by atoms with Crippen LogP contribution in [0.5, 0.6) is 5.75 Å². The average molecular weight is 301 g/mol. The molecule has 0 saturated carbocycles. The van der Waals surface area contributed by atoms with Crippen LogP contribution in [0.25, 0.3) is 0 Å². The van der Waals surface area contributed by atoms with Crippen molar-refractivity contribution < 1.29 is 4.74 Å². The van der Waals surface area contributed by atoms with Gasteiger partial charge in [-0.05, 0) is 49.9 Å². The summed E-state index contributed by atoms with van der Waals surface area (Å²) in [5, 5.41) is 7.56. The highest BCUT2D eigenvalue weighted by molar-refractivity contribution is 5.46. The molecule has 3 N–H and O–H groups in total. The summed E-state index contributed by atoms with van der Waals surface area (Å²) < 4.78 is 5.84. The molecule has 1 heterocycles. The van der Waals surface area contributed by atoms with Crippen molar-refractivity contribution >= 4 is 0 Å². The molecule has 0 aliphatic heterocycles. The Kier molecular flexibility index (Phi) is 5.24. The van der Waals surface area contributed by atoms with Crippen LogP contribution in [0.1, 0.15) is 60.7 Å². The van der Waals surface area contributed by atoms with Gasteiger partial charge in [0.15, 0.2) is 0 Å². The monoisotopic (exact) mass is 301 g/mol. The van der Waals surface area contributed by atoms with E-state index in [0.29, 0.717) is 19.1 Å². The minimum atomic E-state index is 0.0702. The summed E-state index contributed by atoms with van der Waals surface area (Å²) in [6.45, 7) is 11.7. The fourth-order valence-corrected chi connectivity index (χ4v) is 2.61. The number of nitrogens with two attached hydrogens (primary N) is 1. The number of rotatable bonds is 6. The predicted molar refractivity (Wildman–Crippen MR) is 90.7 cm³/mol. The zero-order valence-corrected chi connectivity index (χ0v) is 14.2. The third-order valence-electron chi connectivity index (χ3n) is 4.12. The van der Waals surface area contributed by atoms with Crippen molar-refractivity contribution in [1.82, 2.24) is 10.2 Å². The molecule has 4 nitrogen and oxygen atoms in total. The Morgan fingerprint density at radius 2 is 1.86 bits per heavy atom. The molecule has 0 saturated heterocycles. The van der Waals surface area contributed by atoms with Gasteiger partial charge in [-0.25, -0.2) is 0 Å². The van der Waals surface area contributed by atoms with Crippen LogP contribution in [0.3, 0.4) is 0 Å². The first-order valence-electron chi connectivity index (χ1n) is 7.97. The summed E-state index contributed by atoms with van der Waals surface area (Å²) in [7, 11) is 0. The zero-order valence-electron chi connectivity index (χ0n) is 14.2. The van der Waals surface area contributed by atoms with Crippen LogP contribution in [0, 0.1) is 13.8 Å². The van der Waals surface area contributed by atoms with Crippen molar-refractivity contribution in [2.45, 2.75) is 46.5 Å². The van der Waals surface area contributed by atoms with E-state index in [1.165, 1.54) is 11.1 Å². The van der Waals surface area contributed by atoms with Gasteiger partial charge in [-0.15, -0.1) is 0 Å². The van der Waals surface area contributed by atoms with E-state index in [1.807, 2.05) is 6.92 Å². The van der Waals surface area contributed by atoms with Gasteiger partial charge >= 0.3 is 0 Å². The summed E-state index contributed by atoms with van der Waals surface area (Å²) in [6, 6.07) is 6.41. The standard InChI is InChI=1S/C18H27N3O/c1-6-22-18-8-13(5)12(4)7-14(18)15(10-19)17-9-16(11(2)3)20-21-17/h7-9,11,15H,6,10,19H2,1-5H3,(H,20,21). The topological polar surface area (TPSA) is 63.9 Å². The van der Waals surface area contributed by atoms with Crippen molar-refractivity contribution in [2.24, 2.45) is 5.73 Å². The third-order valence-corrected chi connectivity index (χ3v) is 4.12. The molecule has 2 aromatic rings. The quantitative estimate of drug-likeness (QED) is 0.856. The fraction of sp³-hybridized carbons (Fsp3) is 0.500. The Morgan fingerprint density at radius 3 is 2.41 bits per heavy atom. The van der Waals surface area contributed by atoms with E-state index >= 15 is 0 Å². The summed E-state index contributed by atoms with van der Waals surface area (Å²) in [5.41, 5.74) is 11.8. The Labute approximate surface area is 133 Å². The van der Waals surface area contributed by atoms with E-state index < -0.39 is 0 Å². The van der Waals surface area contributed by atoms with Crippen LogP contribution >= 0.6 is 0 Å². The maximum absolute atomic E-state index is 6.07. The Balaban J connectivity index is 2.47. The molecule has 0 bridgehead atoms. The van der Waals surface area contributed by atoms with Crippen LogP contribution in [0.2, 0.25) is 0 Å². The van der Waals surface area contributed by atoms with E-state index in [0.717, 1.165) is 22.7 Å². The number of hydrogen-bond donors (Lipinski definition) is 2. The lowest BCUT2D eigenvalue weighted by molar-refractivity contribution is 0.335. The van der Waals surface area contributed by atoms with E-state index in [-0.39, 0.29) is 5.92 Å². The van der Waals surface area contributed by atoms with Gasteiger partial charge in [-0.2, -0.15) is 5.10 Å². The van der Waals surface area contributed by atoms with Gasteiger partial charge in [-0.3, -0.25) is 5.10 Å². The second-order valence-electron chi connectivity index (χ2n) is 6.10. The summed E-state index contributed by atoms with van der Waals surface area (Å²) in [5.74, 6) is 1.39. The summed E-state index contributed by atoms with van der Waals surface area (Å²) in [4.78, 5) is 0. The van der Waals surface area contributed by atoms with Crippen LogP contribution in [-0.2, 0) is 0 Å². The van der Waals surface area contributed by atoms with Gasteiger partial charge in [0.1, 0.15) is 5.75 Å². The average Bonchev–Trinajstić information content (AvgIpc) is 2.95. The number of aromatic amines is 1. The molecule has 0 spiro atoms. The Bertz CT molecular complexity index is 631. The van der Waals surface area contributed by atoms with E-state index in [9.17, 15) is 0 Å². The fourth-order valence-electron chi connectivity index (χ4n) is 2.61. The molecule has 0 amide bonds. The van der Waals surface area contributed by atoms with Crippen molar-refractivity contribution in [2.75, 3.05) is 13.2 Å². The lowest BCUT2D eigenvalue weighted by atomic mass is 9.91. The highest BCUT2D eigenvalue weighted by Crippen LogP contribution is 2.33. The SMILES string of the molecule is CCOc1cc(C)c(C)cc1C(CN)c1cc(C(C)C)n[nH]1. The van der Waals surface area contributed by atoms with Gasteiger partial charge in [0.05, 0.1) is 12.3 Å². The maximum Gasteiger partial charge on any atom is 0.123 e. The summed E-state index contributed by atoms with van der Waals surface area (Å²) in [6.07, 6.45) is 0. The van der Waals surface area contributed by atoms with Gasteiger partial charge < -0.3 is 10.5 Å². The molecule has 0 aliphatic carbocycles. The van der Waals surface area contributed by atoms with E-state index in [1.54, 1.807) is 0 Å². The number of nitrogens with one attached hydrogen (secondary N) is 1. The van der Waals surface area contributed by atoms with Gasteiger partial charge in [0.2, 0.25) is 0 Å². The molecule has 0 aliphatic rings. The molecule has 1 unspecified atom stereocenters. The lowest BCUT2D eigenvalue weighted by Crippen LogP contribution is -2.16. The minimum Gasteiger partial charge on any atom is -0.494 e. The number of ether oxygens (including phenoxy) is 1. The number of aromatic nitrogens is 2. The van der Waals surface area contributed by atoms with Crippen molar-refractivity contribution in [3.05, 3.63) is 46.3 Å². The predicted octanol–water partition coefficient (Wildman–Crippen LogP) is 3.64. The van der Waals surface area contributed by atoms with Crippen molar-refractivity contribution in [3.63, 3.8) is 0 Å². The number of hydrogen-bond acceptors (Lipinski definition) is 3. The molecule has 22 heavy (non-hydrogen) atoms. The van der Waals surface area contributed by atoms with Gasteiger partial charge in [0.25, 0.3) is 0 Å². The Hall–Kier alpha value is -1.81. The number of nitrogens with zero attached hydrogens (tertiary/aromatic N) is 1. The highest BCUT2D eigenvalue weighted by Gasteiger charge is 2.21. The Morgan fingerprint density at radius 1 is 1.18 bits per heavy atom. The number of H-pyrrole nitrogens is 1. The molecule has 1 atom stereocenters. The highest BCUT2D eigenvalue weighted by atomic mass is 16.5. The normalized spacial score (nSPS) is 12.7. The van der Waals surface area contributed by atoms with Crippen LogP contribution < -0.4 is 10.5 Å². The second-order valence-corrected chi connectivity index (χ2v) is 6.10. The zero-order chi connectivity index (χ0) is 16.3. The molecule has 2 rings (SSSR count). The first kappa shape index (κ1) is 16.6. The minimum absolute atomic E-state index is 0.0702. The van der Waals surface area contributed by atoms with Gasteiger partial charge in [0, 0.05) is 23.7 Å². The molecule has 0 radical (unpaired) electrons. The molecule has 1 aromatic carbocycles. The van der Waals surface area contributed by atoms with E-state index in [4.69, 9.17) is 10.5 Å². The van der Waals surface area contributed by atoms with Crippen molar-refractivity contribution in [3.8, 4) is 5.75 Å². The van der Waals surface area contributed by atoms with Crippen molar-refractivity contribution in [1.29, 1.82) is 0 Å². The third kappa shape index (κ3) is 3.33. The first-order valence-corrected chi connectivity index (χ1v) is 7.97. The maximum atomic E-state index is 6.07. The largest absolute Gasteiger partial charge is 0.494 e. The summed E-state index contributed by atoms with van der Waals surface area (Å²) >= 11 is 0. The molecule has 120 valence electrons. The van der Waals surface area contributed by atoms with Crippen LogP contribution in [0.4, 0.5) is 0 Å². The lowest BCUT2D eigenvalue weighted by Gasteiger charge is -2.19. The second kappa shape index (κ2) is 6.97.